The zero-order valence-electron chi connectivity index (χ0n) is 13.0. The van der Waals surface area contributed by atoms with E-state index in [0.29, 0.717) is 0 Å². The number of hydrogen-bond acceptors (Lipinski definition) is 3. The first-order chi connectivity index (χ1) is 12.0. The van der Waals surface area contributed by atoms with E-state index in [2.05, 4.69) is 0 Å². The largest absolute Gasteiger partial charge is 0.460 e. The van der Waals surface area contributed by atoms with Gasteiger partial charge in [-0.1, -0.05) is 29.8 Å². The number of ether oxygens (including phenoxy) is 1. The standard InChI is InChI=1S/C18H14ClF2NO3/c19-13-4-3-6-14(20)12(13)10-25-18(24)11-8-17(23)22(9-11)16-7-2-1-5-15(16)21/h1-7,11H,8-10H2/t11-/m1/s1. The third-order valence-electron chi connectivity index (χ3n) is 4.02. The van der Waals surface area contributed by atoms with Gasteiger partial charge in [-0.05, 0) is 24.3 Å². The van der Waals surface area contributed by atoms with Crippen molar-refractivity contribution in [1.29, 1.82) is 0 Å². The molecule has 4 nitrogen and oxygen atoms in total. The molecular weight excluding hydrogens is 352 g/mol. The molecular formula is C18H14ClF2NO3. The van der Waals surface area contributed by atoms with E-state index in [1.807, 2.05) is 0 Å². The van der Waals surface area contributed by atoms with E-state index in [-0.39, 0.29) is 41.8 Å². The maximum atomic E-state index is 13.8. The van der Waals surface area contributed by atoms with E-state index >= 15 is 0 Å². The molecule has 7 heteroatoms. The van der Waals surface area contributed by atoms with Gasteiger partial charge in [-0.2, -0.15) is 0 Å². The first-order valence-electron chi connectivity index (χ1n) is 7.62. The summed E-state index contributed by atoms with van der Waals surface area (Å²) in [6.07, 6.45) is -0.0851. The zero-order chi connectivity index (χ0) is 18.0. The van der Waals surface area contributed by atoms with Crippen molar-refractivity contribution in [3.8, 4) is 0 Å². The van der Waals surface area contributed by atoms with Gasteiger partial charge in [-0.25, -0.2) is 8.78 Å². The lowest BCUT2D eigenvalue weighted by atomic mass is 10.1. The summed E-state index contributed by atoms with van der Waals surface area (Å²) in [6, 6.07) is 10.0. The third kappa shape index (κ3) is 3.64. The van der Waals surface area contributed by atoms with E-state index in [9.17, 15) is 18.4 Å². The Balaban J connectivity index is 1.66. The highest BCUT2D eigenvalue weighted by Gasteiger charge is 2.37. The van der Waals surface area contributed by atoms with Crippen LogP contribution in [0.5, 0.6) is 0 Å². The van der Waals surface area contributed by atoms with Gasteiger partial charge < -0.3 is 9.64 Å². The highest BCUT2D eigenvalue weighted by Crippen LogP contribution is 2.28. The molecule has 1 aliphatic heterocycles. The van der Waals surface area contributed by atoms with Crippen LogP contribution in [0, 0.1) is 17.6 Å². The van der Waals surface area contributed by atoms with Crippen molar-refractivity contribution < 1.29 is 23.1 Å². The Labute approximate surface area is 148 Å². The van der Waals surface area contributed by atoms with Gasteiger partial charge >= 0.3 is 5.97 Å². The highest BCUT2D eigenvalue weighted by atomic mass is 35.5. The molecule has 25 heavy (non-hydrogen) atoms. The predicted molar refractivity (Wildman–Crippen MR) is 88.1 cm³/mol. The molecule has 1 fully saturated rings. The van der Waals surface area contributed by atoms with E-state index in [1.165, 1.54) is 41.3 Å². The summed E-state index contributed by atoms with van der Waals surface area (Å²) in [5, 5.41) is 0.156. The summed E-state index contributed by atoms with van der Waals surface area (Å²) < 4.78 is 32.6. The molecule has 1 amide bonds. The second kappa shape index (κ2) is 7.19. The fourth-order valence-corrected chi connectivity index (χ4v) is 2.92. The summed E-state index contributed by atoms with van der Waals surface area (Å²) >= 11 is 5.88. The number of benzene rings is 2. The minimum Gasteiger partial charge on any atom is -0.460 e. The summed E-state index contributed by atoms with van der Waals surface area (Å²) in [5.74, 6) is -2.86. The molecule has 2 aromatic rings. The number of carbonyl (C=O) groups is 2. The van der Waals surface area contributed by atoms with Crippen LogP contribution in [0.2, 0.25) is 5.02 Å². The maximum Gasteiger partial charge on any atom is 0.311 e. The molecule has 1 atom stereocenters. The minimum absolute atomic E-state index is 0.0175. The fraction of sp³-hybridized carbons (Fsp3) is 0.222. The van der Waals surface area contributed by atoms with E-state index in [1.54, 1.807) is 6.07 Å². The Hall–Kier alpha value is -2.47. The summed E-state index contributed by atoms with van der Waals surface area (Å²) in [5.41, 5.74) is 0.202. The predicted octanol–water partition coefficient (Wildman–Crippen LogP) is 3.71. The van der Waals surface area contributed by atoms with Crippen LogP contribution >= 0.6 is 11.6 Å². The van der Waals surface area contributed by atoms with Crippen LogP contribution in [0.25, 0.3) is 0 Å². The molecule has 0 radical (unpaired) electrons. The van der Waals surface area contributed by atoms with Crippen LogP contribution in [0.15, 0.2) is 42.5 Å². The normalized spacial score (nSPS) is 17.0. The van der Waals surface area contributed by atoms with Crippen LogP contribution in [0.3, 0.4) is 0 Å². The third-order valence-corrected chi connectivity index (χ3v) is 4.38. The average molecular weight is 366 g/mol. The molecule has 0 saturated carbocycles. The summed E-state index contributed by atoms with van der Waals surface area (Å²) in [6.45, 7) is -0.307. The van der Waals surface area contributed by atoms with E-state index < -0.39 is 23.5 Å². The molecule has 1 saturated heterocycles. The van der Waals surface area contributed by atoms with Crippen molar-refractivity contribution >= 4 is 29.2 Å². The fourth-order valence-electron chi connectivity index (χ4n) is 2.70. The maximum absolute atomic E-state index is 13.8. The molecule has 0 aliphatic carbocycles. The smallest absolute Gasteiger partial charge is 0.311 e. The topological polar surface area (TPSA) is 46.6 Å². The van der Waals surface area contributed by atoms with Crippen molar-refractivity contribution in [2.45, 2.75) is 13.0 Å². The molecule has 0 bridgehead atoms. The first-order valence-corrected chi connectivity index (χ1v) is 7.99. The van der Waals surface area contributed by atoms with Crippen molar-refractivity contribution in [2.24, 2.45) is 5.92 Å². The average Bonchev–Trinajstić information content (AvgIpc) is 2.96. The van der Waals surface area contributed by atoms with Gasteiger partial charge in [0.15, 0.2) is 0 Å². The van der Waals surface area contributed by atoms with Crippen molar-refractivity contribution in [3.05, 3.63) is 64.7 Å². The lowest BCUT2D eigenvalue weighted by Crippen LogP contribution is -2.27. The van der Waals surface area contributed by atoms with Gasteiger partial charge in [0.1, 0.15) is 18.2 Å². The lowest BCUT2D eigenvalue weighted by molar-refractivity contribution is -0.149. The molecule has 0 N–H and O–H groups in total. The number of esters is 1. The van der Waals surface area contributed by atoms with Gasteiger partial charge in [-0.3, -0.25) is 9.59 Å². The van der Waals surface area contributed by atoms with Crippen LogP contribution in [0.1, 0.15) is 12.0 Å². The SMILES string of the molecule is O=C(OCc1c(F)cccc1Cl)[C@@H]1CC(=O)N(c2ccccc2F)C1. The summed E-state index contributed by atoms with van der Waals surface area (Å²) in [7, 11) is 0. The number of hydrogen-bond donors (Lipinski definition) is 0. The molecule has 130 valence electrons. The molecule has 3 rings (SSSR count). The van der Waals surface area contributed by atoms with Crippen molar-refractivity contribution in [2.75, 3.05) is 11.4 Å². The number of nitrogens with zero attached hydrogens (tertiary/aromatic N) is 1. The molecule has 1 heterocycles. The Morgan fingerprint density at radius 3 is 2.60 bits per heavy atom. The van der Waals surface area contributed by atoms with Gasteiger partial charge in [0, 0.05) is 18.5 Å². The quantitative estimate of drug-likeness (QED) is 0.776. The van der Waals surface area contributed by atoms with Crippen LogP contribution in [-0.4, -0.2) is 18.4 Å². The number of anilines is 1. The monoisotopic (exact) mass is 365 g/mol. The Morgan fingerprint density at radius 2 is 1.88 bits per heavy atom. The lowest BCUT2D eigenvalue weighted by Gasteiger charge is -2.17. The molecule has 0 aromatic heterocycles. The molecule has 0 unspecified atom stereocenters. The number of para-hydroxylation sites is 1. The second-order valence-corrected chi connectivity index (χ2v) is 6.07. The van der Waals surface area contributed by atoms with Gasteiger partial charge in [-0.15, -0.1) is 0 Å². The highest BCUT2D eigenvalue weighted by molar-refractivity contribution is 6.31. The Morgan fingerprint density at radius 1 is 1.16 bits per heavy atom. The van der Waals surface area contributed by atoms with Gasteiger partial charge in [0.25, 0.3) is 0 Å². The minimum atomic E-state index is -0.738. The Kier molecular flexibility index (Phi) is 4.99. The van der Waals surface area contributed by atoms with Gasteiger partial charge in [0.05, 0.1) is 16.6 Å². The number of halogens is 3. The molecule has 2 aromatic carbocycles. The number of rotatable bonds is 4. The van der Waals surface area contributed by atoms with Crippen molar-refractivity contribution in [3.63, 3.8) is 0 Å². The first kappa shape index (κ1) is 17.4. The molecule has 1 aliphatic rings. The van der Waals surface area contributed by atoms with E-state index in [4.69, 9.17) is 16.3 Å². The van der Waals surface area contributed by atoms with E-state index in [0.717, 1.165) is 0 Å². The number of amides is 1. The molecule has 0 spiro atoms. The van der Waals surface area contributed by atoms with Gasteiger partial charge in [0.2, 0.25) is 5.91 Å². The summed E-state index contributed by atoms with van der Waals surface area (Å²) in [4.78, 5) is 25.5. The van der Waals surface area contributed by atoms with Crippen molar-refractivity contribution in [1.82, 2.24) is 0 Å². The zero-order valence-corrected chi connectivity index (χ0v) is 13.8. The van der Waals surface area contributed by atoms with Crippen LogP contribution in [0.4, 0.5) is 14.5 Å². The van der Waals surface area contributed by atoms with Crippen LogP contribution in [-0.2, 0) is 20.9 Å². The van der Waals surface area contributed by atoms with Crippen LogP contribution < -0.4 is 4.90 Å². The second-order valence-electron chi connectivity index (χ2n) is 5.66. The Bertz CT molecular complexity index is 807. The number of carbonyl (C=O) groups excluding carboxylic acids is 2.